The van der Waals surface area contributed by atoms with Gasteiger partial charge in [0.05, 0.1) is 5.01 Å². The van der Waals surface area contributed by atoms with Crippen LogP contribution in [0.2, 0.25) is 0 Å². The van der Waals surface area contributed by atoms with Gasteiger partial charge in [0.15, 0.2) is 0 Å². The average molecular weight is 168 g/mol. The van der Waals surface area contributed by atoms with E-state index in [4.69, 9.17) is 5.73 Å². The molecule has 58 valence electrons. The maximum Gasteiger partial charge on any atom is 0.244 e. The fraction of sp³-hybridized carbons (Fsp3) is 0.143. The molecular weight excluding hydrogens is 160 g/mol. The summed E-state index contributed by atoms with van der Waals surface area (Å²) >= 11 is 1.49. The van der Waals surface area contributed by atoms with Gasteiger partial charge in [0.1, 0.15) is 0 Å². The summed E-state index contributed by atoms with van der Waals surface area (Å²) in [6.45, 7) is 3.52. The van der Waals surface area contributed by atoms with Crippen LogP contribution in [0.3, 0.4) is 0 Å². The molecular formula is C7H8N2OS. The van der Waals surface area contributed by atoms with Crippen LogP contribution in [-0.2, 0) is 11.2 Å². The summed E-state index contributed by atoms with van der Waals surface area (Å²) in [6.07, 6.45) is 2.15. The highest BCUT2D eigenvalue weighted by Crippen LogP contribution is 2.08. The number of carbonyl (C=O) groups is 1. The van der Waals surface area contributed by atoms with Gasteiger partial charge >= 0.3 is 0 Å². The molecule has 1 rings (SSSR count). The monoisotopic (exact) mass is 168 g/mol. The van der Waals surface area contributed by atoms with Crippen molar-refractivity contribution in [3.8, 4) is 0 Å². The quantitative estimate of drug-likeness (QED) is 0.676. The average Bonchev–Trinajstić information content (AvgIpc) is 2.39. The van der Waals surface area contributed by atoms with E-state index in [9.17, 15) is 4.79 Å². The minimum Gasteiger partial charge on any atom is -0.366 e. The molecule has 0 spiro atoms. The minimum absolute atomic E-state index is 0.403. The van der Waals surface area contributed by atoms with Crippen LogP contribution in [0.5, 0.6) is 0 Å². The van der Waals surface area contributed by atoms with Crippen molar-refractivity contribution in [3.05, 3.63) is 28.7 Å². The van der Waals surface area contributed by atoms with E-state index >= 15 is 0 Å². The molecule has 0 saturated heterocycles. The fourth-order valence-electron chi connectivity index (χ4n) is 0.610. The summed E-state index contributed by atoms with van der Waals surface area (Å²) in [4.78, 5) is 14.5. The zero-order chi connectivity index (χ0) is 8.27. The van der Waals surface area contributed by atoms with E-state index < -0.39 is 5.91 Å². The van der Waals surface area contributed by atoms with Crippen molar-refractivity contribution in [1.82, 2.24) is 4.98 Å². The van der Waals surface area contributed by atoms with Gasteiger partial charge in [-0.1, -0.05) is 6.58 Å². The Kier molecular flexibility index (Phi) is 2.38. The van der Waals surface area contributed by atoms with Crippen molar-refractivity contribution in [1.29, 1.82) is 0 Å². The highest BCUT2D eigenvalue weighted by Gasteiger charge is 2.03. The van der Waals surface area contributed by atoms with E-state index in [1.165, 1.54) is 11.3 Å². The zero-order valence-electron chi connectivity index (χ0n) is 5.91. The Morgan fingerprint density at radius 2 is 2.55 bits per heavy atom. The second-order valence-electron chi connectivity index (χ2n) is 2.07. The van der Waals surface area contributed by atoms with Crippen LogP contribution < -0.4 is 5.73 Å². The molecule has 0 aromatic carbocycles. The fourth-order valence-corrected chi connectivity index (χ4v) is 1.27. The van der Waals surface area contributed by atoms with Crippen LogP contribution in [0, 0.1) is 0 Å². The molecule has 2 N–H and O–H groups in total. The molecule has 0 atom stereocenters. The predicted molar refractivity (Wildman–Crippen MR) is 44.2 cm³/mol. The second kappa shape index (κ2) is 3.30. The largest absolute Gasteiger partial charge is 0.366 e. The van der Waals surface area contributed by atoms with Crippen molar-refractivity contribution < 1.29 is 4.79 Å². The number of hydrogen-bond acceptors (Lipinski definition) is 3. The Morgan fingerprint density at radius 3 is 3.00 bits per heavy atom. The van der Waals surface area contributed by atoms with Crippen molar-refractivity contribution in [2.45, 2.75) is 6.42 Å². The van der Waals surface area contributed by atoms with Gasteiger partial charge in [-0.25, -0.2) is 4.98 Å². The summed E-state index contributed by atoms with van der Waals surface area (Å²) in [5.74, 6) is -0.458. The first kappa shape index (κ1) is 7.94. The molecule has 0 unspecified atom stereocenters. The lowest BCUT2D eigenvalue weighted by Crippen LogP contribution is -2.14. The predicted octanol–water partition coefficient (Wildman–Crippen LogP) is 0.727. The van der Waals surface area contributed by atoms with Crippen molar-refractivity contribution in [2.24, 2.45) is 5.73 Å². The molecule has 0 aliphatic heterocycles. The topological polar surface area (TPSA) is 56.0 Å². The lowest BCUT2D eigenvalue weighted by atomic mass is 10.2. The third-order valence-electron chi connectivity index (χ3n) is 1.20. The molecule has 4 heteroatoms. The third-order valence-corrected chi connectivity index (χ3v) is 1.98. The van der Waals surface area contributed by atoms with E-state index in [0.717, 1.165) is 5.01 Å². The van der Waals surface area contributed by atoms with Crippen LogP contribution in [0.1, 0.15) is 5.01 Å². The Morgan fingerprint density at radius 1 is 1.82 bits per heavy atom. The Hall–Kier alpha value is -1.16. The summed E-state index contributed by atoms with van der Waals surface area (Å²) in [5, 5.41) is 2.72. The maximum absolute atomic E-state index is 10.5. The smallest absolute Gasteiger partial charge is 0.244 e. The van der Waals surface area contributed by atoms with Gasteiger partial charge in [0.25, 0.3) is 0 Å². The van der Waals surface area contributed by atoms with Crippen LogP contribution in [0.25, 0.3) is 0 Å². The highest BCUT2D eigenvalue weighted by atomic mass is 32.1. The molecule has 1 amide bonds. The summed E-state index contributed by atoms with van der Waals surface area (Å²) in [6, 6.07) is 0. The van der Waals surface area contributed by atoms with Crippen molar-refractivity contribution in [3.63, 3.8) is 0 Å². The van der Waals surface area contributed by atoms with Crippen LogP contribution in [0.15, 0.2) is 23.7 Å². The molecule has 0 radical (unpaired) electrons. The molecule has 3 nitrogen and oxygen atoms in total. The zero-order valence-corrected chi connectivity index (χ0v) is 6.73. The summed E-state index contributed by atoms with van der Waals surface area (Å²) < 4.78 is 0. The lowest BCUT2D eigenvalue weighted by molar-refractivity contribution is -0.114. The number of primary amides is 1. The molecule has 0 bridgehead atoms. The number of rotatable bonds is 3. The first-order chi connectivity index (χ1) is 5.20. The molecule has 0 aliphatic rings. The Labute approximate surface area is 68.6 Å². The normalized spacial score (nSPS) is 9.45. The maximum atomic E-state index is 10.5. The number of thiazole rings is 1. The van der Waals surface area contributed by atoms with E-state index in [0.29, 0.717) is 12.0 Å². The molecule has 1 heterocycles. The summed E-state index contributed by atoms with van der Waals surface area (Å²) in [7, 11) is 0. The third kappa shape index (κ3) is 2.16. The van der Waals surface area contributed by atoms with E-state index in [-0.39, 0.29) is 0 Å². The molecule has 0 fully saturated rings. The van der Waals surface area contributed by atoms with Gasteiger partial charge in [-0.3, -0.25) is 4.79 Å². The van der Waals surface area contributed by atoms with Crippen LogP contribution >= 0.6 is 11.3 Å². The van der Waals surface area contributed by atoms with Gasteiger partial charge in [0, 0.05) is 23.6 Å². The van der Waals surface area contributed by atoms with Gasteiger partial charge in [0.2, 0.25) is 5.91 Å². The molecule has 1 aromatic rings. The van der Waals surface area contributed by atoms with Gasteiger partial charge < -0.3 is 5.73 Å². The van der Waals surface area contributed by atoms with E-state index in [1.54, 1.807) is 6.20 Å². The Balaban J connectivity index is 2.57. The first-order valence-corrected chi connectivity index (χ1v) is 3.94. The minimum atomic E-state index is -0.458. The number of aromatic nitrogens is 1. The van der Waals surface area contributed by atoms with E-state index in [1.807, 2.05) is 5.38 Å². The highest BCUT2D eigenvalue weighted by molar-refractivity contribution is 7.09. The Bertz CT molecular complexity index is 266. The van der Waals surface area contributed by atoms with Crippen molar-refractivity contribution >= 4 is 17.2 Å². The first-order valence-electron chi connectivity index (χ1n) is 3.06. The van der Waals surface area contributed by atoms with Crippen LogP contribution in [0.4, 0.5) is 0 Å². The van der Waals surface area contributed by atoms with Gasteiger partial charge in [-0.05, 0) is 0 Å². The van der Waals surface area contributed by atoms with E-state index in [2.05, 4.69) is 11.6 Å². The number of nitrogens with two attached hydrogens (primary N) is 1. The molecule has 1 aromatic heterocycles. The van der Waals surface area contributed by atoms with Crippen LogP contribution in [-0.4, -0.2) is 10.9 Å². The number of amides is 1. The van der Waals surface area contributed by atoms with Gasteiger partial charge in [-0.15, -0.1) is 11.3 Å². The summed E-state index contributed by atoms with van der Waals surface area (Å²) in [5.41, 5.74) is 5.39. The van der Waals surface area contributed by atoms with Gasteiger partial charge in [-0.2, -0.15) is 0 Å². The number of nitrogens with zero attached hydrogens (tertiary/aromatic N) is 1. The number of carbonyl (C=O) groups excluding carboxylic acids is 1. The molecule has 11 heavy (non-hydrogen) atoms. The van der Waals surface area contributed by atoms with Crippen molar-refractivity contribution in [2.75, 3.05) is 0 Å². The molecule has 0 saturated carbocycles. The second-order valence-corrected chi connectivity index (χ2v) is 3.05. The number of hydrogen-bond donors (Lipinski definition) is 1. The standard InChI is InChI=1S/C7H8N2OS/c1-5(7(8)10)4-6-9-2-3-11-6/h2-3H,1,4H2,(H2,8,10). The molecule has 0 aliphatic carbocycles. The lowest BCUT2D eigenvalue weighted by Gasteiger charge is -1.94. The SMILES string of the molecule is C=C(Cc1nccs1)C(N)=O.